The number of carbonyl (C=O) groups excluding carboxylic acids is 1. The molecule has 0 spiro atoms. The molecule has 1 unspecified atom stereocenters. The fraction of sp³-hybridized carbons (Fsp3) is 0.917. The van der Waals surface area contributed by atoms with Crippen molar-refractivity contribution in [2.45, 2.75) is 71.5 Å². The lowest BCUT2D eigenvalue weighted by molar-refractivity contribution is -0.708. The van der Waals surface area contributed by atoms with Gasteiger partial charge in [0.25, 0.3) is 0 Å². The van der Waals surface area contributed by atoms with E-state index < -0.39 is 17.7 Å². The molecule has 7 heteroatoms. The summed E-state index contributed by atoms with van der Waals surface area (Å²) in [6.45, 7) is 7.05. The van der Waals surface area contributed by atoms with Crippen molar-refractivity contribution in [3.05, 3.63) is 0 Å². The van der Waals surface area contributed by atoms with E-state index in [1.54, 1.807) is 20.8 Å². The van der Waals surface area contributed by atoms with Crippen LogP contribution in [0, 0.1) is 0 Å². The maximum absolute atomic E-state index is 11.1. The molecule has 0 amide bonds. The fourth-order valence-electron chi connectivity index (χ4n) is 1.48. The molecular formula is C12H24O7. The standard InChI is InChI=1S/C12H24O7/c1-5-6-7-8-11(14)15-17-19-18-16-12(3,4)9-10(2)13/h10,13H,5-9H2,1-4H3. The molecule has 1 N–H and O–H groups in total. The summed E-state index contributed by atoms with van der Waals surface area (Å²) in [5, 5.41) is 21.6. The third-order valence-corrected chi connectivity index (χ3v) is 2.21. The van der Waals surface area contributed by atoms with Crippen LogP contribution in [0.1, 0.15) is 59.8 Å². The molecule has 114 valence electrons. The van der Waals surface area contributed by atoms with E-state index in [1.165, 1.54) is 0 Å². The molecule has 0 heterocycles. The van der Waals surface area contributed by atoms with E-state index in [0.29, 0.717) is 6.42 Å². The zero-order chi connectivity index (χ0) is 14.7. The summed E-state index contributed by atoms with van der Waals surface area (Å²) in [6.07, 6.45) is 2.75. The Kier molecular flexibility index (Phi) is 9.72. The maximum atomic E-state index is 11.1. The minimum Gasteiger partial charge on any atom is -0.393 e. The third-order valence-electron chi connectivity index (χ3n) is 2.21. The van der Waals surface area contributed by atoms with Crippen molar-refractivity contribution in [1.29, 1.82) is 0 Å². The summed E-state index contributed by atoms with van der Waals surface area (Å²) in [5.74, 6) is -0.541. The summed E-state index contributed by atoms with van der Waals surface area (Å²) in [6, 6.07) is 0. The number of unbranched alkanes of at least 4 members (excludes halogenated alkanes) is 2. The highest BCUT2D eigenvalue weighted by atomic mass is 17.8. The minimum atomic E-state index is -0.761. The van der Waals surface area contributed by atoms with Gasteiger partial charge < -0.3 is 5.11 Å². The van der Waals surface area contributed by atoms with Gasteiger partial charge in [0.15, 0.2) is 0 Å². The van der Waals surface area contributed by atoms with Gasteiger partial charge in [0.1, 0.15) is 5.60 Å². The van der Waals surface area contributed by atoms with Gasteiger partial charge in [-0.05, 0) is 32.2 Å². The molecule has 0 aromatic carbocycles. The van der Waals surface area contributed by atoms with Gasteiger partial charge in [-0.25, -0.2) is 4.79 Å². The quantitative estimate of drug-likeness (QED) is 0.353. The van der Waals surface area contributed by atoms with Crippen molar-refractivity contribution >= 4 is 5.97 Å². The van der Waals surface area contributed by atoms with E-state index in [1.807, 2.05) is 6.92 Å². The van der Waals surface area contributed by atoms with Gasteiger partial charge in [-0.1, -0.05) is 19.8 Å². The summed E-state index contributed by atoms with van der Waals surface area (Å²) in [7, 11) is 0. The van der Waals surface area contributed by atoms with Gasteiger partial charge in [-0.2, -0.15) is 4.89 Å². The van der Waals surface area contributed by atoms with Crippen LogP contribution in [-0.4, -0.2) is 22.8 Å². The van der Waals surface area contributed by atoms with Crippen molar-refractivity contribution in [2.75, 3.05) is 0 Å². The van der Waals surface area contributed by atoms with Crippen LogP contribution >= 0.6 is 0 Å². The largest absolute Gasteiger partial charge is 0.393 e. The maximum Gasteiger partial charge on any atom is 0.345 e. The van der Waals surface area contributed by atoms with Gasteiger partial charge >= 0.3 is 5.97 Å². The zero-order valence-corrected chi connectivity index (χ0v) is 12.0. The van der Waals surface area contributed by atoms with Crippen LogP contribution in [-0.2, 0) is 29.7 Å². The molecule has 0 radical (unpaired) electrons. The molecule has 19 heavy (non-hydrogen) atoms. The molecule has 0 fully saturated rings. The smallest absolute Gasteiger partial charge is 0.345 e. The summed E-state index contributed by atoms with van der Waals surface area (Å²) >= 11 is 0. The molecule has 0 saturated carbocycles. The normalized spacial score (nSPS) is 13.3. The van der Waals surface area contributed by atoms with Gasteiger partial charge in [0.05, 0.1) is 6.10 Å². The first-order chi connectivity index (χ1) is 8.87. The van der Waals surface area contributed by atoms with Crippen LogP contribution in [0.15, 0.2) is 0 Å². The Morgan fingerprint density at radius 1 is 1.21 bits per heavy atom. The number of carbonyl (C=O) groups is 1. The number of aliphatic hydroxyl groups is 1. The third kappa shape index (κ3) is 12.1. The van der Waals surface area contributed by atoms with Crippen LogP contribution in [0.5, 0.6) is 0 Å². The van der Waals surface area contributed by atoms with E-state index in [0.717, 1.165) is 19.3 Å². The number of aliphatic hydroxyl groups excluding tert-OH is 1. The molecule has 0 aliphatic heterocycles. The predicted octanol–water partition coefficient (Wildman–Crippen LogP) is 2.39. The molecule has 0 rings (SSSR count). The van der Waals surface area contributed by atoms with Crippen LogP contribution in [0.4, 0.5) is 0 Å². The Balaban J connectivity index is 3.51. The van der Waals surface area contributed by atoms with Gasteiger partial charge in [0, 0.05) is 22.9 Å². The predicted molar refractivity (Wildman–Crippen MR) is 65.0 cm³/mol. The van der Waals surface area contributed by atoms with Crippen molar-refractivity contribution < 1.29 is 34.8 Å². The zero-order valence-electron chi connectivity index (χ0n) is 12.0. The first-order valence-corrected chi connectivity index (χ1v) is 6.44. The Morgan fingerprint density at radius 2 is 1.89 bits per heavy atom. The molecular weight excluding hydrogens is 256 g/mol. The highest BCUT2D eigenvalue weighted by Crippen LogP contribution is 2.17. The molecule has 0 aromatic rings. The SMILES string of the molecule is CCCCCC(=O)OOOOOC(C)(C)CC(C)O. The lowest BCUT2D eigenvalue weighted by Crippen LogP contribution is -2.29. The van der Waals surface area contributed by atoms with Crippen LogP contribution in [0.25, 0.3) is 0 Å². The second kappa shape index (κ2) is 10.1. The number of hydrogen-bond acceptors (Lipinski definition) is 7. The summed E-state index contributed by atoms with van der Waals surface area (Å²) in [4.78, 5) is 20.2. The Hall–Kier alpha value is -0.730. The monoisotopic (exact) mass is 280 g/mol. The van der Waals surface area contributed by atoms with Crippen molar-refractivity contribution in [1.82, 2.24) is 0 Å². The topological polar surface area (TPSA) is 83.5 Å². The van der Waals surface area contributed by atoms with Crippen molar-refractivity contribution in [3.8, 4) is 0 Å². The average molecular weight is 280 g/mol. The molecule has 0 aliphatic carbocycles. The number of rotatable bonds is 11. The molecule has 1 atom stereocenters. The van der Waals surface area contributed by atoms with E-state index in [9.17, 15) is 9.90 Å². The molecule has 7 nitrogen and oxygen atoms in total. The number of hydrogen-bond donors (Lipinski definition) is 1. The van der Waals surface area contributed by atoms with E-state index in [2.05, 4.69) is 20.0 Å². The fourth-order valence-corrected chi connectivity index (χ4v) is 1.48. The Bertz CT molecular complexity index is 240. The highest BCUT2D eigenvalue weighted by molar-refractivity contribution is 5.68. The van der Waals surface area contributed by atoms with Crippen LogP contribution < -0.4 is 0 Å². The first kappa shape index (κ1) is 18.3. The molecule has 0 aromatic heterocycles. The minimum absolute atomic E-state index is 0.256. The van der Waals surface area contributed by atoms with Gasteiger partial charge in [-0.3, -0.25) is 4.89 Å². The summed E-state index contributed by atoms with van der Waals surface area (Å²) < 4.78 is 0. The van der Waals surface area contributed by atoms with Gasteiger partial charge in [0.2, 0.25) is 0 Å². The lowest BCUT2D eigenvalue weighted by Gasteiger charge is -2.22. The molecule has 0 bridgehead atoms. The lowest BCUT2D eigenvalue weighted by atomic mass is 10.0. The summed E-state index contributed by atoms with van der Waals surface area (Å²) in [5.41, 5.74) is -0.761. The first-order valence-electron chi connectivity index (χ1n) is 6.44. The van der Waals surface area contributed by atoms with Crippen LogP contribution in [0.2, 0.25) is 0 Å². The van der Waals surface area contributed by atoms with E-state index in [-0.39, 0.29) is 6.42 Å². The Morgan fingerprint density at radius 3 is 2.47 bits per heavy atom. The van der Waals surface area contributed by atoms with E-state index >= 15 is 0 Å². The second-order valence-corrected chi connectivity index (χ2v) is 5.01. The van der Waals surface area contributed by atoms with E-state index in [4.69, 9.17) is 4.89 Å². The van der Waals surface area contributed by atoms with Gasteiger partial charge in [-0.15, -0.1) is 0 Å². The average Bonchev–Trinajstić information content (AvgIpc) is 2.27. The molecule has 0 saturated heterocycles. The molecule has 0 aliphatic rings. The second-order valence-electron chi connectivity index (χ2n) is 5.01. The van der Waals surface area contributed by atoms with Crippen molar-refractivity contribution in [2.24, 2.45) is 0 Å². The Labute approximate surface area is 113 Å². The van der Waals surface area contributed by atoms with Crippen molar-refractivity contribution in [3.63, 3.8) is 0 Å². The highest BCUT2D eigenvalue weighted by Gasteiger charge is 2.23. The van der Waals surface area contributed by atoms with Crippen LogP contribution in [0.3, 0.4) is 0 Å².